The molecule has 1 saturated heterocycles. The zero-order valence-corrected chi connectivity index (χ0v) is 7.97. The summed E-state index contributed by atoms with van der Waals surface area (Å²) in [6.45, 7) is 3.41. The smallest absolute Gasteiger partial charge is 0.307 e. The lowest BCUT2D eigenvalue weighted by atomic mass is 10.6. The summed E-state index contributed by atoms with van der Waals surface area (Å²) in [6.07, 6.45) is 0. The summed E-state index contributed by atoms with van der Waals surface area (Å²) in [5.74, 6) is -0.197. The van der Waals surface area contributed by atoms with Crippen LogP contribution in [0.4, 0.5) is 0 Å². The van der Waals surface area contributed by atoms with Gasteiger partial charge in [0, 0.05) is 20.0 Å². The molecule has 1 aliphatic rings. The summed E-state index contributed by atoms with van der Waals surface area (Å²) in [6, 6.07) is 0. The van der Waals surface area contributed by atoms with Gasteiger partial charge in [-0.25, -0.2) is 9.34 Å². The van der Waals surface area contributed by atoms with E-state index < -0.39 is 8.45 Å². The Bertz CT molecular complexity index is 155. The highest BCUT2D eigenvalue weighted by Gasteiger charge is 2.30. The Morgan fingerprint density at radius 2 is 1.82 bits per heavy atom. The molecule has 64 valence electrons. The molecule has 0 unspecified atom stereocenters. The number of nitrogens with zero attached hydrogens (tertiary/aromatic N) is 2. The summed E-state index contributed by atoms with van der Waals surface area (Å²) >= 11 is 0. The molecule has 0 amide bonds. The van der Waals surface area contributed by atoms with Crippen molar-refractivity contribution in [2.75, 3.05) is 27.2 Å². The van der Waals surface area contributed by atoms with Crippen LogP contribution in [0.5, 0.6) is 0 Å². The monoisotopic (exact) mass is 176 g/mol. The zero-order chi connectivity index (χ0) is 8.43. The lowest BCUT2D eigenvalue weighted by Crippen LogP contribution is -2.12. The van der Waals surface area contributed by atoms with Crippen molar-refractivity contribution in [3.05, 3.63) is 0 Å². The molecule has 0 spiro atoms. The van der Waals surface area contributed by atoms with E-state index in [9.17, 15) is 4.79 Å². The SMILES string of the molecule is CC(=O)OP1N(C)CCN1C. The number of carbonyl (C=O) groups is 1. The van der Waals surface area contributed by atoms with Crippen LogP contribution in [0.2, 0.25) is 0 Å². The van der Waals surface area contributed by atoms with Crippen molar-refractivity contribution >= 4 is 14.4 Å². The van der Waals surface area contributed by atoms with Gasteiger partial charge >= 0.3 is 5.97 Å². The molecule has 0 aromatic carbocycles. The number of rotatable bonds is 1. The molecular formula is C6H13N2O2P. The second-order valence-corrected chi connectivity index (χ2v) is 4.65. The third-order valence-electron chi connectivity index (χ3n) is 1.54. The maximum Gasteiger partial charge on any atom is 0.307 e. The van der Waals surface area contributed by atoms with Crippen molar-refractivity contribution in [3.8, 4) is 0 Å². The fourth-order valence-electron chi connectivity index (χ4n) is 0.976. The summed E-state index contributed by atoms with van der Waals surface area (Å²) in [5, 5.41) is 0. The highest BCUT2D eigenvalue weighted by Crippen LogP contribution is 2.46. The molecule has 0 atom stereocenters. The maximum absolute atomic E-state index is 10.6. The van der Waals surface area contributed by atoms with Gasteiger partial charge in [0.1, 0.15) is 0 Å². The van der Waals surface area contributed by atoms with Crippen LogP contribution in [-0.4, -0.2) is 42.5 Å². The van der Waals surface area contributed by atoms with Gasteiger partial charge in [-0.1, -0.05) is 0 Å². The molecule has 1 rings (SSSR count). The lowest BCUT2D eigenvalue weighted by molar-refractivity contribution is -0.131. The highest BCUT2D eigenvalue weighted by atomic mass is 31.2. The van der Waals surface area contributed by atoms with Crippen molar-refractivity contribution < 1.29 is 9.32 Å². The second kappa shape index (κ2) is 3.48. The Kier molecular flexibility index (Phi) is 2.82. The number of carbonyl (C=O) groups excluding carboxylic acids is 1. The fraction of sp³-hybridized carbons (Fsp3) is 0.833. The van der Waals surface area contributed by atoms with Crippen LogP contribution in [0.15, 0.2) is 0 Å². The minimum atomic E-state index is -0.790. The molecule has 0 bridgehead atoms. The predicted molar refractivity (Wildman–Crippen MR) is 43.9 cm³/mol. The van der Waals surface area contributed by atoms with E-state index in [0.29, 0.717) is 0 Å². The number of hydrogen-bond donors (Lipinski definition) is 0. The van der Waals surface area contributed by atoms with Crippen LogP contribution in [0.1, 0.15) is 6.92 Å². The van der Waals surface area contributed by atoms with Crippen molar-refractivity contribution in [2.24, 2.45) is 0 Å². The standard InChI is InChI=1S/C6H13N2O2P/c1-6(9)10-11-7(2)4-5-8(11)3/h4-5H2,1-3H3. The van der Waals surface area contributed by atoms with E-state index in [2.05, 4.69) is 9.34 Å². The molecule has 0 aliphatic carbocycles. The van der Waals surface area contributed by atoms with Crippen LogP contribution in [0.3, 0.4) is 0 Å². The molecule has 0 N–H and O–H groups in total. The second-order valence-electron chi connectivity index (χ2n) is 2.60. The summed E-state index contributed by atoms with van der Waals surface area (Å²) in [5.41, 5.74) is 0. The van der Waals surface area contributed by atoms with Gasteiger partial charge in [-0.2, -0.15) is 0 Å². The van der Waals surface area contributed by atoms with E-state index in [-0.39, 0.29) is 5.97 Å². The predicted octanol–water partition coefficient (Wildman–Crippen LogP) is 0.654. The van der Waals surface area contributed by atoms with Gasteiger partial charge in [0.15, 0.2) is 0 Å². The van der Waals surface area contributed by atoms with Gasteiger partial charge in [0.25, 0.3) is 8.45 Å². The highest BCUT2D eigenvalue weighted by molar-refractivity contribution is 7.48. The molecular weight excluding hydrogens is 163 g/mol. The summed E-state index contributed by atoms with van der Waals surface area (Å²) in [7, 11) is 3.15. The first-order chi connectivity index (χ1) is 5.11. The molecule has 0 aromatic rings. The zero-order valence-electron chi connectivity index (χ0n) is 7.07. The van der Waals surface area contributed by atoms with Gasteiger partial charge < -0.3 is 4.52 Å². The third-order valence-corrected chi connectivity index (χ3v) is 3.53. The van der Waals surface area contributed by atoms with Crippen molar-refractivity contribution in [3.63, 3.8) is 0 Å². The van der Waals surface area contributed by atoms with E-state index in [0.717, 1.165) is 13.1 Å². The summed E-state index contributed by atoms with van der Waals surface area (Å²) < 4.78 is 9.25. The molecule has 0 aromatic heterocycles. The van der Waals surface area contributed by atoms with Crippen LogP contribution in [0.25, 0.3) is 0 Å². The van der Waals surface area contributed by atoms with E-state index in [1.807, 2.05) is 14.1 Å². The average molecular weight is 176 g/mol. The average Bonchev–Trinajstić information content (AvgIpc) is 2.18. The molecule has 1 fully saturated rings. The molecule has 4 nitrogen and oxygen atoms in total. The van der Waals surface area contributed by atoms with Crippen LogP contribution in [0, 0.1) is 0 Å². The maximum atomic E-state index is 10.6. The molecule has 1 heterocycles. The van der Waals surface area contributed by atoms with Crippen LogP contribution < -0.4 is 0 Å². The molecule has 0 saturated carbocycles. The van der Waals surface area contributed by atoms with Gasteiger partial charge in [-0.05, 0) is 14.1 Å². The fourth-order valence-corrected chi connectivity index (χ4v) is 2.53. The first kappa shape index (κ1) is 8.91. The Labute approximate surface area is 68.1 Å². The topological polar surface area (TPSA) is 32.8 Å². The molecule has 5 heteroatoms. The Morgan fingerprint density at radius 1 is 1.36 bits per heavy atom. The van der Waals surface area contributed by atoms with Crippen molar-refractivity contribution in [2.45, 2.75) is 6.92 Å². The quantitative estimate of drug-likeness (QED) is 0.549. The minimum absolute atomic E-state index is 0.197. The normalized spacial score (nSPS) is 22.5. The molecule has 1 aliphatic heterocycles. The Morgan fingerprint density at radius 3 is 2.18 bits per heavy atom. The lowest BCUT2D eigenvalue weighted by Gasteiger charge is -2.21. The summed E-state index contributed by atoms with van der Waals surface area (Å²) in [4.78, 5) is 10.6. The van der Waals surface area contributed by atoms with Gasteiger partial charge in [0.2, 0.25) is 0 Å². The first-order valence-corrected chi connectivity index (χ1v) is 4.68. The van der Waals surface area contributed by atoms with Gasteiger partial charge in [-0.3, -0.25) is 4.79 Å². The van der Waals surface area contributed by atoms with E-state index in [1.54, 1.807) is 0 Å². The van der Waals surface area contributed by atoms with Crippen molar-refractivity contribution in [1.82, 2.24) is 9.34 Å². The van der Waals surface area contributed by atoms with E-state index in [4.69, 9.17) is 4.52 Å². The molecule has 11 heavy (non-hydrogen) atoms. The Balaban J connectivity index is 2.47. The number of likely N-dealkylation sites (N-methyl/N-ethyl adjacent to an activating group) is 2. The molecule has 0 radical (unpaired) electrons. The minimum Gasteiger partial charge on any atom is -0.414 e. The third kappa shape index (κ3) is 2.12. The largest absolute Gasteiger partial charge is 0.414 e. The van der Waals surface area contributed by atoms with E-state index >= 15 is 0 Å². The van der Waals surface area contributed by atoms with E-state index in [1.165, 1.54) is 6.92 Å². The van der Waals surface area contributed by atoms with Crippen molar-refractivity contribution in [1.29, 1.82) is 0 Å². The number of hydrogen-bond acceptors (Lipinski definition) is 4. The van der Waals surface area contributed by atoms with Gasteiger partial charge in [0.05, 0.1) is 0 Å². The van der Waals surface area contributed by atoms with Gasteiger partial charge in [-0.15, -0.1) is 0 Å². The Hall–Kier alpha value is -0.180. The van der Waals surface area contributed by atoms with Crippen LogP contribution >= 0.6 is 8.45 Å². The van der Waals surface area contributed by atoms with Crippen LogP contribution in [-0.2, 0) is 9.32 Å². The first-order valence-electron chi connectivity index (χ1n) is 3.52.